The summed E-state index contributed by atoms with van der Waals surface area (Å²) in [7, 11) is 0. The number of rotatable bonds is 3. The summed E-state index contributed by atoms with van der Waals surface area (Å²) in [5.41, 5.74) is 6.14. The molecule has 12 heavy (non-hydrogen) atoms. The van der Waals surface area contributed by atoms with Crippen LogP contribution >= 0.6 is 0 Å². The van der Waals surface area contributed by atoms with Crippen LogP contribution in [-0.2, 0) is 4.79 Å². The molecule has 0 aliphatic heterocycles. The van der Waals surface area contributed by atoms with Crippen LogP contribution in [0.3, 0.4) is 0 Å². The van der Waals surface area contributed by atoms with Crippen molar-refractivity contribution in [1.29, 1.82) is 0 Å². The highest BCUT2D eigenvalue weighted by Crippen LogP contribution is 2.08. The number of carbonyl (C=O) groups excluding carboxylic acids is 1. The van der Waals surface area contributed by atoms with Crippen LogP contribution in [0, 0.1) is 0 Å². The van der Waals surface area contributed by atoms with E-state index in [-0.39, 0.29) is 6.04 Å². The van der Waals surface area contributed by atoms with Gasteiger partial charge in [0, 0.05) is 18.0 Å². The fourth-order valence-electron chi connectivity index (χ4n) is 0.793. The number of aromatic nitrogens is 1. The number of pyridine rings is 1. The van der Waals surface area contributed by atoms with Crippen LogP contribution < -0.4 is 11.1 Å². The number of nitrogen functional groups attached to an aromatic ring is 1. The van der Waals surface area contributed by atoms with Gasteiger partial charge in [0.15, 0.2) is 0 Å². The van der Waals surface area contributed by atoms with E-state index >= 15 is 0 Å². The first-order valence-electron chi connectivity index (χ1n) is 3.65. The summed E-state index contributed by atoms with van der Waals surface area (Å²) in [5, 5.41) is 2.87. The lowest BCUT2D eigenvalue weighted by molar-refractivity contribution is -0.108. The summed E-state index contributed by atoms with van der Waals surface area (Å²) in [5.74, 6) is 0.620. The third kappa shape index (κ3) is 2.23. The Balaban J connectivity index is 2.69. The summed E-state index contributed by atoms with van der Waals surface area (Å²) in [6.45, 7) is 1.75. The predicted octanol–water partition coefficient (Wildman–Crippen LogP) is 0.663. The third-order valence-corrected chi connectivity index (χ3v) is 1.36. The topological polar surface area (TPSA) is 68.0 Å². The standard InChI is InChI=1S/C8H11N3O/c1-6(5-12)11-8-4-7(9)2-3-10-8/h2-6H,1H3,(H3,9,10,11). The van der Waals surface area contributed by atoms with Crippen molar-refractivity contribution < 1.29 is 4.79 Å². The normalized spacial score (nSPS) is 12.1. The maximum absolute atomic E-state index is 10.3. The Kier molecular flexibility index (Phi) is 2.63. The fraction of sp³-hybridized carbons (Fsp3) is 0.250. The lowest BCUT2D eigenvalue weighted by atomic mass is 10.3. The highest BCUT2D eigenvalue weighted by Gasteiger charge is 1.99. The van der Waals surface area contributed by atoms with Gasteiger partial charge in [-0.3, -0.25) is 0 Å². The third-order valence-electron chi connectivity index (χ3n) is 1.36. The first-order valence-corrected chi connectivity index (χ1v) is 3.65. The predicted molar refractivity (Wildman–Crippen MR) is 47.8 cm³/mol. The van der Waals surface area contributed by atoms with Gasteiger partial charge in [-0.05, 0) is 13.0 Å². The van der Waals surface area contributed by atoms with Crippen LogP contribution in [0.1, 0.15) is 6.92 Å². The van der Waals surface area contributed by atoms with Crippen molar-refractivity contribution in [2.24, 2.45) is 0 Å². The molecule has 0 saturated carbocycles. The van der Waals surface area contributed by atoms with E-state index in [0.717, 1.165) is 6.29 Å². The zero-order chi connectivity index (χ0) is 8.97. The van der Waals surface area contributed by atoms with Gasteiger partial charge in [-0.2, -0.15) is 0 Å². The molecule has 0 saturated heterocycles. The van der Waals surface area contributed by atoms with Gasteiger partial charge in [0.1, 0.15) is 12.1 Å². The van der Waals surface area contributed by atoms with Crippen LogP contribution in [0.25, 0.3) is 0 Å². The van der Waals surface area contributed by atoms with Crippen molar-refractivity contribution >= 4 is 17.8 Å². The second-order valence-electron chi connectivity index (χ2n) is 2.54. The van der Waals surface area contributed by atoms with Crippen molar-refractivity contribution in [3.63, 3.8) is 0 Å². The fourth-order valence-corrected chi connectivity index (χ4v) is 0.793. The average molecular weight is 165 g/mol. The minimum atomic E-state index is -0.237. The molecule has 4 heteroatoms. The SMILES string of the molecule is CC(C=O)Nc1cc(N)ccn1. The van der Waals surface area contributed by atoms with Crippen LogP contribution in [0.5, 0.6) is 0 Å². The second kappa shape index (κ2) is 3.71. The molecule has 1 rings (SSSR count). The lowest BCUT2D eigenvalue weighted by Crippen LogP contribution is -2.16. The first-order chi connectivity index (χ1) is 5.72. The minimum Gasteiger partial charge on any atom is -0.399 e. The van der Waals surface area contributed by atoms with E-state index in [1.165, 1.54) is 0 Å². The lowest BCUT2D eigenvalue weighted by Gasteiger charge is -2.07. The maximum atomic E-state index is 10.3. The number of anilines is 2. The Bertz CT molecular complexity index is 275. The molecule has 1 aromatic heterocycles. The second-order valence-corrected chi connectivity index (χ2v) is 2.54. The molecule has 4 nitrogen and oxygen atoms in total. The van der Waals surface area contributed by atoms with Gasteiger partial charge in [0.2, 0.25) is 0 Å². The summed E-state index contributed by atoms with van der Waals surface area (Å²) in [6, 6.07) is 3.14. The molecule has 0 aromatic carbocycles. The molecule has 0 aliphatic rings. The highest BCUT2D eigenvalue weighted by atomic mass is 16.1. The van der Waals surface area contributed by atoms with Gasteiger partial charge in [-0.15, -0.1) is 0 Å². The smallest absolute Gasteiger partial charge is 0.141 e. The molecule has 1 atom stereocenters. The molecule has 1 aromatic rings. The number of aldehydes is 1. The monoisotopic (exact) mass is 165 g/mol. The summed E-state index contributed by atoms with van der Waals surface area (Å²) >= 11 is 0. The van der Waals surface area contributed by atoms with Crippen molar-refractivity contribution in [1.82, 2.24) is 4.98 Å². The highest BCUT2D eigenvalue weighted by molar-refractivity contribution is 5.63. The molecule has 0 bridgehead atoms. The summed E-state index contributed by atoms with van der Waals surface area (Å²) in [4.78, 5) is 14.3. The van der Waals surface area contributed by atoms with Crippen molar-refractivity contribution in [3.05, 3.63) is 18.3 Å². The molecule has 64 valence electrons. The number of nitrogens with one attached hydrogen (secondary N) is 1. The van der Waals surface area contributed by atoms with Crippen LogP contribution in [-0.4, -0.2) is 17.3 Å². The Morgan fingerprint density at radius 2 is 2.50 bits per heavy atom. The molecule has 1 unspecified atom stereocenters. The molecule has 1 heterocycles. The van der Waals surface area contributed by atoms with Gasteiger partial charge in [-0.25, -0.2) is 4.98 Å². The van der Waals surface area contributed by atoms with Crippen molar-refractivity contribution in [3.8, 4) is 0 Å². The number of nitrogens with two attached hydrogens (primary N) is 1. The van der Waals surface area contributed by atoms with Crippen LogP contribution in [0.4, 0.5) is 11.5 Å². The molecule has 0 fully saturated rings. The van der Waals surface area contributed by atoms with Gasteiger partial charge >= 0.3 is 0 Å². The van der Waals surface area contributed by atoms with Gasteiger partial charge in [0.05, 0.1) is 6.04 Å². The Morgan fingerprint density at radius 1 is 1.75 bits per heavy atom. The number of hydrogen-bond acceptors (Lipinski definition) is 4. The molecular formula is C8H11N3O. The van der Waals surface area contributed by atoms with Gasteiger partial charge in [-0.1, -0.05) is 0 Å². The van der Waals surface area contributed by atoms with Crippen LogP contribution in [0.15, 0.2) is 18.3 Å². The zero-order valence-electron chi connectivity index (χ0n) is 6.82. The van der Waals surface area contributed by atoms with Crippen molar-refractivity contribution in [2.75, 3.05) is 11.1 Å². The number of hydrogen-bond donors (Lipinski definition) is 2. The van der Waals surface area contributed by atoms with E-state index in [1.54, 1.807) is 25.3 Å². The number of nitrogens with zero attached hydrogens (tertiary/aromatic N) is 1. The van der Waals surface area contributed by atoms with E-state index in [1.807, 2.05) is 0 Å². The van der Waals surface area contributed by atoms with E-state index in [2.05, 4.69) is 10.3 Å². The molecule has 0 radical (unpaired) electrons. The quantitative estimate of drug-likeness (QED) is 0.646. The van der Waals surface area contributed by atoms with E-state index < -0.39 is 0 Å². The maximum Gasteiger partial charge on any atom is 0.141 e. The van der Waals surface area contributed by atoms with E-state index in [0.29, 0.717) is 11.5 Å². The Hall–Kier alpha value is -1.58. The van der Waals surface area contributed by atoms with Gasteiger partial charge in [0.25, 0.3) is 0 Å². The summed E-state index contributed by atoms with van der Waals surface area (Å²) < 4.78 is 0. The largest absolute Gasteiger partial charge is 0.399 e. The van der Waals surface area contributed by atoms with Crippen molar-refractivity contribution in [2.45, 2.75) is 13.0 Å². The first kappa shape index (κ1) is 8.52. The average Bonchev–Trinajstić information content (AvgIpc) is 2.04. The zero-order valence-corrected chi connectivity index (χ0v) is 6.82. The van der Waals surface area contributed by atoms with Crippen LogP contribution in [0.2, 0.25) is 0 Å². The molecule has 0 amide bonds. The van der Waals surface area contributed by atoms with Gasteiger partial charge < -0.3 is 15.8 Å². The van der Waals surface area contributed by atoms with E-state index in [4.69, 9.17) is 5.73 Å². The minimum absolute atomic E-state index is 0.237. The Morgan fingerprint density at radius 3 is 3.08 bits per heavy atom. The van der Waals surface area contributed by atoms with E-state index in [9.17, 15) is 4.79 Å². The summed E-state index contributed by atoms with van der Waals surface area (Å²) in [6.07, 6.45) is 2.40. The number of carbonyl (C=O) groups is 1. The Labute approximate surface area is 70.8 Å². The molecule has 3 N–H and O–H groups in total. The molecule has 0 aliphatic carbocycles. The molecule has 0 spiro atoms. The molecular weight excluding hydrogens is 154 g/mol.